The maximum Gasteiger partial charge on any atom is 0.0819 e. The molecule has 3 aromatic carbocycles. The molecule has 2 nitrogen and oxygen atoms in total. The molecule has 164 valence electrons. The van der Waals surface area contributed by atoms with Gasteiger partial charge in [-0.15, -0.1) is 0 Å². The van der Waals surface area contributed by atoms with Crippen molar-refractivity contribution in [3.63, 3.8) is 0 Å². The van der Waals surface area contributed by atoms with Gasteiger partial charge in [-0.2, -0.15) is 0 Å². The normalized spacial score (nSPS) is 23.7. The number of fused-ring (bicyclic) bond motifs is 4. The van der Waals surface area contributed by atoms with Crippen molar-refractivity contribution < 1.29 is 5.11 Å². The highest BCUT2D eigenvalue weighted by molar-refractivity contribution is 6.42. The van der Waals surface area contributed by atoms with Crippen LogP contribution in [0.5, 0.6) is 0 Å². The number of likely N-dealkylation sites (tertiary alicyclic amines) is 1. The van der Waals surface area contributed by atoms with Crippen LogP contribution in [0.25, 0.3) is 16.8 Å². The topological polar surface area (TPSA) is 23.5 Å². The number of benzene rings is 3. The number of rotatable bonds is 4. The summed E-state index contributed by atoms with van der Waals surface area (Å²) in [6.07, 6.45) is 7.53. The van der Waals surface area contributed by atoms with E-state index in [1.165, 1.54) is 28.3 Å². The quantitative estimate of drug-likeness (QED) is 0.441. The van der Waals surface area contributed by atoms with E-state index < -0.39 is 6.10 Å². The number of hydrogen-bond donors (Lipinski definition) is 1. The van der Waals surface area contributed by atoms with Crippen molar-refractivity contribution in [3.05, 3.63) is 86.9 Å². The van der Waals surface area contributed by atoms with E-state index in [9.17, 15) is 5.11 Å². The molecular weight excluding hydrogens is 437 g/mol. The molecule has 1 saturated heterocycles. The molecule has 0 amide bonds. The predicted molar refractivity (Wildman–Crippen MR) is 133 cm³/mol. The maximum atomic E-state index is 10.9. The lowest BCUT2D eigenvalue weighted by molar-refractivity contribution is 0.0568. The number of aliphatic hydroxyl groups excluding tert-OH is 1. The minimum absolute atomic E-state index is 0.251. The van der Waals surface area contributed by atoms with E-state index in [4.69, 9.17) is 23.2 Å². The first-order valence-electron chi connectivity index (χ1n) is 11.7. The van der Waals surface area contributed by atoms with Crippen LogP contribution in [0.1, 0.15) is 53.5 Å². The Morgan fingerprint density at radius 3 is 2.62 bits per heavy atom. The SMILES string of the molecule is OC(c1ccc(Cl)c(Cl)c1)C1CCN(Cc2c3c(cc4ccccc24)C=CC2CC32)CC1. The molecule has 0 bridgehead atoms. The van der Waals surface area contributed by atoms with E-state index in [-0.39, 0.29) is 5.92 Å². The minimum Gasteiger partial charge on any atom is -0.388 e. The lowest BCUT2D eigenvalue weighted by atomic mass is 9.85. The highest BCUT2D eigenvalue weighted by Gasteiger charge is 2.41. The molecule has 4 heteroatoms. The zero-order valence-electron chi connectivity index (χ0n) is 18.0. The van der Waals surface area contributed by atoms with Crippen LogP contribution in [0.15, 0.2) is 54.6 Å². The zero-order chi connectivity index (χ0) is 21.8. The number of halogens is 2. The van der Waals surface area contributed by atoms with Crippen LogP contribution in [-0.4, -0.2) is 23.1 Å². The molecule has 0 spiro atoms. The Morgan fingerprint density at radius 2 is 1.81 bits per heavy atom. The molecule has 3 aromatic rings. The van der Waals surface area contributed by atoms with E-state index in [1.807, 2.05) is 12.1 Å². The molecule has 0 aromatic heterocycles. The van der Waals surface area contributed by atoms with Crippen LogP contribution < -0.4 is 0 Å². The van der Waals surface area contributed by atoms with Gasteiger partial charge in [-0.1, -0.05) is 65.7 Å². The number of hydrogen-bond acceptors (Lipinski definition) is 2. The van der Waals surface area contributed by atoms with Gasteiger partial charge < -0.3 is 5.11 Å². The van der Waals surface area contributed by atoms with E-state index in [0.29, 0.717) is 16.0 Å². The van der Waals surface area contributed by atoms with Crippen molar-refractivity contribution in [1.82, 2.24) is 4.90 Å². The summed E-state index contributed by atoms with van der Waals surface area (Å²) in [6.45, 7) is 3.01. The van der Waals surface area contributed by atoms with Crippen molar-refractivity contribution >= 4 is 40.1 Å². The lowest BCUT2D eigenvalue weighted by Crippen LogP contribution is -2.35. The Kier molecular flexibility index (Phi) is 5.30. The van der Waals surface area contributed by atoms with E-state index in [2.05, 4.69) is 47.4 Å². The van der Waals surface area contributed by atoms with Gasteiger partial charge in [-0.3, -0.25) is 4.90 Å². The average molecular weight is 464 g/mol. The Balaban J connectivity index is 1.22. The summed E-state index contributed by atoms with van der Waals surface area (Å²) in [5, 5.41) is 14.7. The van der Waals surface area contributed by atoms with Crippen molar-refractivity contribution in [1.29, 1.82) is 0 Å². The van der Waals surface area contributed by atoms with Crippen LogP contribution in [-0.2, 0) is 6.54 Å². The van der Waals surface area contributed by atoms with Crippen LogP contribution in [0, 0.1) is 11.8 Å². The predicted octanol–water partition coefficient (Wildman–Crippen LogP) is 7.22. The Labute approximate surface area is 199 Å². The van der Waals surface area contributed by atoms with Crippen molar-refractivity contribution in [2.24, 2.45) is 11.8 Å². The largest absolute Gasteiger partial charge is 0.388 e. The van der Waals surface area contributed by atoms with Crippen LogP contribution in [0.3, 0.4) is 0 Å². The second kappa shape index (κ2) is 8.18. The molecule has 0 radical (unpaired) electrons. The first-order valence-corrected chi connectivity index (χ1v) is 12.4. The number of piperidine rings is 1. The number of allylic oxidation sites excluding steroid dienone is 1. The first-order chi connectivity index (χ1) is 15.6. The summed E-state index contributed by atoms with van der Waals surface area (Å²) in [5.74, 6) is 1.71. The minimum atomic E-state index is -0.491. The monoisotopic (exact) mass is 463 g/mol. The molecular formula is C28H27Cl2NO. The third-order valence-electron chi connectivity index (χ3n) is 7.71. The fraction of sp³-hybridized carbons (Fsp3) is 0.357. The highest BCUT2D eigenvalue weighted by atomic mass is 35.5. The number of nitrogens with zero attached hydrogens (tertiary/aromatic N) is 1. The molecule has 1 heterocycles. The Hall–Kier alpha value is -1.84. The summed E-state index contributed by atoms with van der Waals surface area (Å²) in [5.41, 5.74) is 5.41. The summed E-state index contributed by atoms with van der Waals surface area (Å²) in [4.78, 5) is 2.58. The van der Waals surface area contributed by atoms with Crippen molar-refractivity contribution in [3.8, 4) is 0 Å². The smallest absolute Gasteiger partial charge is 0.0819 e. The maximum absolute atomic E-state index is 10.9. The summed E-state index contributed by atoms with van der Waals surface area (Å²) < 4.78 is 0. The molecule has 1 saturated carbocycles. The number of aliphatic hydroxyl groups is 1. The first kappa shape index (κ1) is 20.7. The zero-order valence-corrected chi connectivity index (χ0v) is 19.5. The van der Waals surface area contributed by atoms with Gasteiger partial charge in [0, 0.05) is 6.54 Å². The summed E-state index contributed by atoms with van der Waals surface area (Å²) in [7, 11) is 0. The van der Waals surface area contributed by atoms with Gasteiger partial charge in [0.25, 0.3) is 0 Å². The fourth-order valence-electron chi connectivity index (χ4n) is 5.81. The standard InChI is InChI=1S/C28H27Cl2NO/c29-25-8-7-21(15-26(25)30)28(32)17-9-11-31(12-10-17)16-24-22-4-2-1-3-18(22)13-20-6-5-19-14-23(19)27(20)24/h1-8,13,15,17,19,23,28,32H,9-12,14,16H2. The molecule has 1 aliphatic heterocycles. The molecule has 3 aliphatic rings. The van der Waals surface area contributed by atoms with Crippen molar-refractivity contribution in [2.45, 2.75) is 37.8 Å². The van der Waals surface area contributed by atoms with Gasteiger partial charge in [0.05, 0.1) is 16.1 Å². The van der Waals surface area contributed by atoms with E-state index in [0.717, 1.165) is 44.0 Å². The molecule has 32 heavy (non-hydrogen) atoms. The van der Waals surface area contributed by atoms with Gasteiger partial charge in [-0.05, 0) is 101 Å². The van der Waals surface area contributed by atoms with Gasteiger partial charge >= 0.3 is 0 Å². The van der Waals surface area contributed by atoms with Gasteiger partial charge in [0.1, 0.15) is 0 Å². The molecule has 3 atom stereocenters. The van der Waals surface area contributed by atoms with E-state index >= 15 is 0 Å². The lowest BCUT2D eigenvalue weighted by Gasteiger charge is -2.35. The van der Waals surface area contributed by atoms with Crippen LogP contribution in [0.2, 0.25) is 10.0 Å². The van der Waals surface area contributed by atoms with Crippen LogP contribution >= 0.6 is 23.2 Å². The van der Waals surface area contributed by atoms with E-state index in [1.54, 1.807) is 11.6 Å². The van der Waals surface area contributed by atoms with Gasteiger partial charge in [0.2, 0.25) is 0 Å². The fourth-order valence-corrected chi connectivity index (χ4v) is 6.12. The molecule has 3 unspecified atom stereocenters. The third-order valence-corrected chi connectivity index (χ3v) is 8.45. The second-order valence-corrected chi connectivity index (χ2v) is 10.5. The van der Waals surface area contributed by atoms with Gasteiger partial charge in [0.15, 0.2) is 0 Å². The van der Waals surface area contributed by atoms with Gasteiger partial charge in [-0.25, -0.2) is 0 Å². The van der Waals surface area contributed by atoms with Crippen molar-refractivity contribution in [2.75, 3.05) is 13.1 Å². The highest BCUT2D eigenvalue weighted by Crippen LogP contribution is 2.55. The molecule has 2 fully saturated rings. The van der Waals surface area contributed by atoms with Crippen LogP contribution in [0.4, 0.5) is 0 Å². The third kappa shape index (κ3) is 3.68. The molecule has 1 N–H and O–H groups in total. The Morgan fingerprint density at radius 1 is 1.00 bits per heavy atom. The second-order valence-electron chi connectivity index (χ2n) is 9.68. The molecule has 6 rings (SSSR count). The average Bonchev–Trinajstić information content (AvgIpc) is 3.61. The molecule has 2 aliphatic carbocycles. The summed E-state index contributed by atoms with van der Waals surface area (Å²) >= 11 is 12.2. The summed E-state index contributed by atoms with van der Waals surface area (Å²) in [6, 6.07) is 16.7. The Bertz CT molecular complexity index is 1210.